The second-order valence-corrected chi connectivity index (χ2v) is 31.1. The smallest absolute Gasteiger partial charge is 0.0487 e. The highest BCUT2D eigenvalue weighted by molar-refractivity contribution is 5.97. The summed E-state index contributed by atoms with van der Waals surface area (Å²) in [4.78, 5) is 13.6. The second kappa shape index (κ2) is 38.0. The molecule has 6 nitrogen and oxygen atoms in total. The summed E-state index contributed by atoms with van der Waals surface area (Å²) in [5, 5.41) is 5.01. The highest BCUT2D eigenvalue weighted by Crippen LogP contribution is 2.43. The van der Waals surface area contributed by atoms with Gasteiger partial charge in [0, 0.05) is 112 Å². The van der Waals surface area contributed by atoms with Crippen molar-refractivity contribution in [2.45, 2.75) is 0 Å². The fourth-order valence-corrected chi connectivity index (χ4v) is 16.5. The van der Waals surface area contributed by atoms with Gasteiger partial charge in [0.15, 0.2) is 0 Å². The maximum Gasteiger partial charge on any atom is 0.0487 e. The Labute approximate surface area is 734 Å². The Kier molecular flexibility index (Phi) is 24.3. The van der Waals surface area contributed by atoms with Gasteiger partial charge in [0.25, 0.3) is 0 Å². The van der Waals surface area contributed by atoms with E-state index in [4.69, 9.17) is 0 Å². The molecule has 0 radical (unpaired) electrons. The first-order valence-corrected chi connectivity index (χ1v) is 42.6. The van der Waals surface area contributed by atoms with Crippen molar-refractivity contribution in [3.8, 4) is 66.8 Å². The van der Waals surface area contributed by atoms with E-state index in [0.717, 1.165) is 68.2 Å². The fourth-order valence-electron chi connectivity index (χ4n) is 16.5. The van der Waals surface area contributed by atoms with E-state index < -0.39 is 0 Å². The van der Waals surface area contributed by atoms with Crippen molar-refractivity contribution in [3.63, 3.8) is 0 Å². The third-order valence-corrected chi connectivity index (χ3v) is 23.2. The maximum atomic E-state index is 2.32. The summed E-state index contributed by atoms with van der Waals surface area (Å²) < 4.78 is 0. The maximum absolute atomic E-state index is 2.32. The van der Waals surface area contributed by atoms with Crippen molar-refractivity contribution >= 4 is 107 Å². The number of para-hydroxylation sites is 4. The van der Waals surface area contributed by atoms with Crippen LogP contribution in [0.1, 0.15) is 0 Å². The van der Waals surface area contributed by atoms with Gasteiger partial charge in [0.1, 0.15) is 0 Å². The molecule has 0 amide bonds. The molecule has 20 aromatic rings. The molecule has 20 rings (SSSR count). The van der Waals surface area contributed by atoms with Crippen molar-refractivity contribution in [1.82, 2.24) is 0 Å². The minimum absolute atomic E-state index is 1.12. The normalized spacial score (nSPS) is 10.8. The van der Waals surface area contributed by atoms with Crippen molar-refractivity contribution in [2.75, 3.05) is 50.5 Å². The van der Waals surface area contributed by atoms with Gasteiger partial charge in [-0.1, -0.05) is 340 Å². The van der Waals surface area contributed by atoms with E-state index >= 15 is 0 Å². The first-order chi connectivity index (χ1) is 61.7. The Bertz CT molecular complexity index is 6870. The zero-order valence-electron chi connectivity index (χ0n) is 70.3. The third-order valence-electron chi connectivity index (χ3n) is 23.2. The second-order valence-electron chi connectivity index (χ2n) is 31.1. The molecule has 0 heterocycles. The van der Waals surface area contributed by atoms with Crippen LogP contribution in [0, 0.1) is 0 Å². The van der Waals surface area contributed by atoms with Crippen LogP contribution in [0.25, 0.3) is 88.3 Å². The summed E-state index contributed by atoms with van der Waals surface area (Å²) in [6.07, 6.45) is 0. The molecule has 0 aliphatic heterocycles. The van der Waals surface area contributed by atoms with Crippen LogP contribution in [0.5, 0.6) is 0 Å². The summed E-state index contributed by atoms with van der Waals surface area (Å²) in [5.74, 6) is 0. The summed E-state index contributed by atoms with van der Waals surface area (Å²) in [6.45, 7) is 0. The van der Waals surface area contributed by atoms with Gasteiger partial charge in [-0.2, -0.15) is 0 Å². The number of fused-ring (bicyclic) bond motifs is 2. The average Bonchev–Trinajstić information content (AvgIpc) is 0.799. The van der Waals surface area contributed by atoms with E-state index in [1.165, 1.54) is 105 Å². The predicted octanol–water partition coefficient (Wildman–Crippen LogP) is 33.1. The van der Waals surface area contributed by atoms with Crippen molar-refractivity contribution in [2.24, 2.45) is 0 Å². The van der Waals surface area contributed by atoms with Crippen LogP contribution in [-0.2, 0) is 0 Å². The van der Waals surface area contributed by atoms with Crippen molar-refractivity contribution < 1.29 is 0 Å². The van der Waals surface area contributed by atoms with E-state index in [0.29, 0.717) is 0 Å². The van der Waals surface area contributed by atoms with Gasteiger partial charge in [-0.05, 0) is 259 Å². The van der Waals surface area contributed by atoms with Crippen LogP contribution in [-0.4, -0.2) is 21.1 Å². The van der Waals surface area contributed by atoms with E-state index in [1.807, 2.05) is 6.07 Å². The first-order valence-electron chi connectivity index (χ1n) is 42.6. The van der Waals surface area contributed by atoms with E-state index in [9.17, 15) is 0 Å². The molecule has 0 atom stereocenters. The van der Waals surface area contributed by atoms with Crippen molar-refractivity contribution in [1.29, 1.82) is 0 Å². The topological polar surface area (TPSA) is 19.4 Å². The number of benzene rings is 20. The lowest BCUT2D eigenvalue weighted by molar-refractivity contribution is 1.21. The molecule has 0 aliphatic rings. The molecule has 0 N–H and O–H groups in total. The largest absolute Gasteiger partial charge is 0.345 e. The minimum atomic E-state index is 1.12. The van der Waals surface area contributed by atoms with Crippen LogP contribution in [0.4, 0.5) is 85.3 Å². The fraction of sp³-hybridized carbons (Fsp3) is 0.0252. The molecular weight excluding hydrogens is 1510 g/mol. The van der Waals surface area contributed by atoms with Gasteiger partial charge in [0.05, 0.1) is 0 Å². The number of rotatable bonds is 21. The molecule has 0 aromatic heterocycles. The Morgan fingerprint density at radius 2 is 0.336 bits per heavy atom. The van der Waals surface area contributed by atoms with E-state index in [1.54, 1.807) is 0 Å². The lowest BCUT2D eigenvalue weighted by Gasteiger charge is -2.26. The van der Waals surface area contributed by atoms with Crippen LogP contribution in [0.3, 0.4) is 0 Å². The van der Waals surface area contributed by atoms with Gasteiger partial charge in [0.2, 0.25) is 0 Å². The number of nitrogens with zero attached hydrogens (tertiary/aromatic N) is 6. The van der Waals surface area contributed by atoms with Gasteiger partial charge in [-0.15, -0.1) is 0 Å². The average molecular weight is 1610 g/mol. The van der Waals surface area contributed by atoms with Crippen molar-refractivity contribution in [3.05, 3.63) is 516 Å². The van der Waals surface area contributed by atoms with E-state index in [2.05, 4.69) is 560 Å². The van der Waals surface area contributed by atoms with Gasteiger partial charge in [-0.3, -0.25) is 0 Å². The zero-order chi connectivity index (χ0) is 84.5. The Morgan fingerprint density at radius 3 is 0.688 bits per heavy atom. The Morgan fingerprint density at radius 1 is 0.120 bits per heavy atom. The molecule has 0 spiro atoms. The minimum Gasteiger partial charge on any atom is -0.345 e. The first kappa shape index (κ1) is 79.8. The van der Waals surface area contributed by atoms with Crippen LogP contribution < -0.4 is 29.4 Å². The molecule has 6 heteroatoms. The monoisotopic (exact) mass is 1610 g/mol. The molecule has 600 valence electrons. The number of hydrogen-bond acceptors (Lipinski definition) is 6. The highest BCUT2D eigenvalue weighted by atomic mass is 15.2. The standard InChI is InChI=1S/2C41H32N2.C37H30N2/c1-42(41-21-11-15-34-14-8-9-20-40(34)41)36-26-22-32(23-27-36)33-24-28-38(29-25-33)43(37-17-6-3-7-18-37)39-19-10-16-35(30-39)31-12-4-2-5-13-31;1-42(40-28-23-32-13-8-9-14-35(32)29-40)37-24-19-33(20-25-37)34-21-26-39(27-22-34)43(38-16-6-3-7-17-38)41-18-10-15-36(30-41)31-11-4-2-5-12-31;1-38(33-15-7-3-8-16-33)34-24-20-30(21-25-34)31-22-26-36(27-23-31)39(35-17-9-4-10-18-35)37-19-11-14-32(28-37)29-12-5-2-6-13-29/h2*2-30H,1H3;2-28H,1H3. The summed E-state index contributed by atoms with van der Waals surface area (Å²) in [7, 11) is 6.36. The van der Waals surface area contributed by atoms with Gasteiger partial charge in [-0.25, -0.2) is 0 Å². The van der Waals surface area contributed by atoms with E-state index in [-0.39, 0.29) is 0 Å². The zero-order valence-corrected chi connectivity index (χ0v) is 70.3. The SMILES string of the molecule is CN(c1ccc(-c2ccc(N(c3ccccc3)c3cccc(-c4ccccc4)c3)cc2)cc1)c1ccc2ccccc2c1.CN(c1ccc(-c2ccc(N(c3ccccc3)c3cccc(-c4ccccc4)c3)cc2)cc1)c1cccc2ccccc12.CN(c1ccccc1)c1ccc(-c2ccc(N(c3ccccc3)c3cccc(-c4ccccc4)c3)cc2)cc1. The molecule has 0 aliphatic carbocycles. The Hall–Kier alpha value is -16.3. The molecule has 0 fully saturated rings. The molecule has 0 saturated heterocycles. The molecule has 20 aromatic carbocycles. The van der Waals surface area contributed by atoms with Crippen LogP contribution in [0.2, 0.25) is 0 Å². The molecule has 125 heavy (non-hydrogen) atoms. The van der Waals surface area contributed by atoms with Crippen LogP contribution >= 0.6 is 0 Å². The quantitative estimate of drug-likeness (QED) is 0.0709. The molecule has 0 saturated carbocycles. The number of anilines is 15. The Balaban J connectivity index is 0.000000128. The summed E-state index contributed by atoms with van der Waals surface area (Å²) in [5.41, 5.74) is 31.5. The molecule has 0 unspecified atom stereocenters. The summed E-state index contributed by atoms with van der Waals surface area (Å²) in [6, 6.07) is 183. The van der Waals surface area contributed by atoms with Crippen LogP contribution in [0.15, 0.2) is 516 Å². The lowest BCUT2D eigenvalue weighted by Crippen LogP contribution is -2.10. The molecular formula is C119H94N6. The number of hydrogen-bond donors (Lipinski definition) is 0. The lowest BCUT2D eigenvalue weighted by atomic mass is 10.0. The van der Waals surface area contributed by atoms with Gasteiger partial charge < -0.3 is 29.4 Å². The van der Waals surface area contributed by atoms with Gasteiger partial charge >= 0.3 is 0 Å². The predicted molar refractivity (Wildman–Crippen MR) is 535 cm³/mol. The third kappa shape index (κ3) is 18.6. The summed E-state index contributed by atoms with van der Waals surface area (Å²) >= 11 is 0. The highest BCUT2D eigenvalue weighted by Gasteiger charge is 2.20. The molecule has 0 bridgehead atoms.